The number of hydrogen-bond acceptors (Lipinski definition) is 12. The van der Waals surface area contributed by atoms with Crippen LogP contribution in [-0.2, 0) is 37.1 Å². The molecular weight excluding hydrogens is 845 g/mol. The Morgan fingerprint density at radius 3 is 2.42 bits per heavy atom. The van der Waals surface area contributed by atoms with Crippen molar-refractivity contribution in [2.45, 2.75) is 119 Å². The third kappa shape index (κ3) is 12.1. The van der Waals surface area contributed by atoms with E-state index < -0.39 is 11.9 Å². The van der Waals surface area contributed by atoms with Gasteiger partial charge in [0.25, 0.3) is 5.91 Å². The minimum atomic E-state index is -0.647. The molecule has 4 aliphatic heterocycles. The Bertz CT molecular complexity index is 2240. The van der Waals surface area contributed by atoms with Gasteiger partial charge in [-0.1, -0.05) is 55.6 Å². The van der Waals surface area contributed by atoms with Crippen molar-refractivity contribution in [1.29, 1.82) is 0 Å². The zero-order valence-electron chi connectivity index (χ0n) is 37.4. The number of aromatic nitrogens is 2. The predicted molar refractivity (Wildman–Crippen MR) is 247 cm³/mol. The Morgan fingerprint density at radius 2 is 1.66 bits per heavy atom. The van der Waals surface area contributed by atoms with Gasteiger partial charge in [0.2, 0.25) is 29.5 Å². The molecule has 0 bridgehead atoms. The third-order valence-electron chi connectivity index (χ3n) is 13.5. The molecule has 16 nitrogen and oxygen atoms in total. The van der Waals surface area contributed by atoms with Crippen molar-refractivity contribution in [2.75, 3.05) is 56.0 Å². The van der Waals surface area contributed by atoms with E-state index in [-0.39, 0.29) is 53.3 Å². The molecule has 346 valence electrons. The Kier molecular flexibility index (Phi) is 14.8. The van der Waals surface area contributed by atoms with Crippen LogP contribution in [0.4, 0.5) is 11.5 Å². The maximum absolute atomic E-state index is 13.3. The van der Waals surface area contributed by atoms with E-state index in [1.165, 1.54) is 16.7 Å². The van der Waals surface area contributed by atoms with Crippen LogP contribution in [0.5, 0.6) is 0 Å². The van der Waals surface area contributed by atoms with E-state index >= 15 is 0 Å². The molecule has 3 unspecified atom stereocenters. The van der Waals surface area contributed by atoms with Crippen molar-refractivity contribution in [3.05, 3.63) is 71.5 Å². The van der Waals surface area contributed by atoms with E-state index in [0.29, 0.717) is 56.7 Å². The number of carbonyl (C=O) groups excluding carboxylic acids is 6. The van der Waals surface area contributed by atoms with Gasteiger partial charge in [-0.3, -0.25) is 39.0 Å². The van der Waals surface area contributed by atoms with Crippen LogP contribution in [0.25, 0.3) is 0 Å². The van der Waals surface area contributed by atoms with E-state index in [0.717, 1.165) is 111 Å². The number of piperidine rings is 2. The van der Waals surface area contributed by atoms with Gasteiger partial charge < -0.3 is 31.1 Å². The van der Waals surface area contributed by atoms with Gasteiger partial charge in [-0.15, -0.1) is 0 Å². The minimum Gasteiger partial charge on any atom is -0.355 e. The Morgan fingerprint density at radius 1 is 0.892 bits per heavy atom. The molecule has 1 saturated carbocycles. The summed E-state index contributed by atoms with van der Waals surface area (Å²) in [6.45, 7) is 8.59. The lowest BCUT2D eigenvalue weighted by molar-refractivity contribution is -0.137. The van der Waals surface area contributed by atoms with Crippen LogP contribution >= 0.6 is 11.8 Å². The molecule has 8 rings (SSSR count). The molecule has 6 amide bonds. The summed E-state index contributed by atoms with van der Waals surface area (Å²) in [5, 5.41) is 9.13. The molecular formula is C48H62N10O6S. The topological polar surface area (TPSA) is 203 Å². The summed E-state index contributed by atoms with van der Waals surface area (Å²) in [5.41, 5.74) is 9.14. The van der Waals surface area contributed by atoms with Crippen molar-refractivity contribution >= 4 is 58.7 Å². The van der Waals surface area contributed by atoms with Crippen molar-refractivity contribution in [1.82, 2.24) is 35.3 Å². The van der Waals surface area contributed by atoms with Crippen molar-refractivity contribution < 1.29 is 28.8 Å². The van der Waals surface area contributed by atoms with Crippen molar-refractivity contribution in [2.24, 2.45) is 17.6 Å². The highest BCUT2D eigenvalue weighted by atomic mass is 32.2. The summed E-state index contributed by atoms with van der Waals surface area (Å²) < 4.78 is 0. The first-order chi connectivity index (χ1) is 31.4. The Hall–Kier alpha value is -5.39. The molecule has 0 spiro atoms. The molecule has 3 saturated heterocycles. The van der Waals surface area contributed by atoms with E-state index in [9.17, 15) is 28.8 Å². The molecule has 17 heteroatoms. The number of rotatable bonds is 18. The van der Waals surface area contributed by atoms with E-state index in [1.807, 2.05) is 47.5 Å². The van der Waals surface area contributed by atoms with Crippen molar-refractivity contribution in [3.63, 3.8) is 0 Å². The first kappa shape index (κ1) is 46.2. The summed E-state index contributed by atoms with van der Waals surface area (Å²) in [5.74, 6) is -0.657. The molecule has 0 radical (unpaired) electrons. The van der Waals surface area contributed by atoms with Gasteiger partial charge >= 0.3 is 0 Å². The Labute approximate surface area is 385 Å². The van der Waals surface area contributed by atoms with Crippen LogP contribution in [0.3, 0.4) is 0 Å². The molecule has 65 heavy (non-hydrogen) atoms. The van der Waals surface area contributed by atoms with Gasteiger partial charge in [-0.2, -0.15) is 0 Å². The van der Waals surface area contributed by atoms with Gasteiger partial charge in [0.15, 0.2) is 0 Å². The fourth-order valence-electron chi connectivity index (χ4n) is 9.30. The lowest BCUT2D eigenvalue weighted by Gasteiger charge is -2.37. The zero-order valence-corrected chi connectivity index (χ0v) is 38.2. The molecule has 3 atom stereocenters. The van der Waals surface area contributed by atoms with E-state index in [4.69, 9.17) is 5.73 Å². The normalized spacial score (nSPS) is 21.8. The number of fused-ring (bicyclic) bond motifs is 1. The second-order valence-electron chi connectivity index (χ2n) is 18.6. The number of nitrogens with two attached hydrogens (primary N) is 1. The number of benzene rings is 2. The van der Waals surface area contributed by atoms with Crippen LogP contribution in [0, 0.1) is 11.8 Å². The lowest BCUT2D eigenvalue weighted by atomic mass is 9.91. The number of hydrogen-bond donors (Lipinski definition) is 4. The monoisotopic (exact) mass is 906 g/mol. The number of piperazine rings is 1. The average molecular weight is 907 g/mol. The second-order valence-corrected chi connectivity index (χ2v) is 19.7. The number of anilines is 2. The van der Waals surface area contributed by atoms with Gasteiger partial charge in [0, 0.05) is 86.9 Å². The van der Waals surface area contributed by atoms with Gasteiger partial charge in [-0.25, -0.2) is 9.97 Å². The summed E-state index contributed by atoms with van der Waals surface area (Å²) >= 11 is 1.49. The molecule has 5 heterocycles. The number of amides is 6. The average Bonchev–Trinajstić information content (AvgIpc) is 4.04. The summed E-state index contributed by atoms with van der Waals surface area (Å²) in [4.78, 5) is 94.2. The fourth-order valence-corrected chi connectivity index (χ4v) is 10.1. The van der Waals surface area contributed by atoms with Crippen LogP contribution in [0.2, 0.25) is 0 Å². The van der Waals surface area contributed by atoms with Crippen LogP contribution in [0.1, 0.15) is 105 Å². The van der Waals surface area contributed by atoms with Crippen LogP contribution in [0.15, 0.2) is 64.8 Å². The second kappa shape index (κ2) is 20.8. The highest BCUT2D eigenvalue weighted by Gasteiger charge is 2.50. The SMILES string of the molecule is CC1(N)CCN(c2cnc(Sc3cccc(NC(=O)C4CC4C(=O)N4CCN(CCCCCCCCC(=O)NCc5ccc6c(c5)CN(C5CCC(=O)NC5=O)C6=O)CC4)c3)cn2)CC1. The standard InChI is InChI=1S/C48H62N10O6S/c1-48(49)16-19-56(20-17-48)40-29-52-43(30-50-40)65-35-10-8-9-34(26-35)53-44(61)37-27-38(37)46(63)57-23-21-55(22-24-57)18-7-5-3-2-4-6-11-41(59)51-28-32-12-13-36-33(25-32)31-58(47(36)64)39-14-15-42(60)54-45(39)62/h8-10,12-13,25-26,29-30,37-39H,2-7,11,14-24,27-28,31,49H2,1H3,(H,51,59)(H,53,61)(H,54,60,62). The molecule has 5 aliphatic rings. The van der Waals surface area contributed by atoms with E-state index in [2.05, 4.69) is 42.6 Å². The summed E-state index contributed by atoms with van der Waals surface area (Å²) in [6.07, 6.45) is 13.3. The minimum absolute atomic E-state index is 0.00404. The van der Waals surface area contributed by atoms with Gasteiger partial charge in [0.1, 0.15) is 16.9 Å². The molecule has 1 aliphatic carbocycles. The van der Waals surface area contributed by atoms with Crippen LogP contribution in [-0.4, -0.2) is 118 Å². The van der Waals surface area contributed by atoms with Crippen LogP contribution < -0.4 is 26.6 Å². The number of imide groups is 1. The predicted octanol–water partition coefficient (Wildman–Crippen LogP) is 4.47. The highest BCUT2D eigenvalue weighted by Crippen LogP contribution is 2.41. The smallest absolute Gasteiger partial charge is 0.255 e. The third-order valence-corrected chi connectivity index (χ3v) is 14.4. The number of carbonyl (C=O) groups is 6. The summed E-state index contributed by atoms with van der Waals surface area (Å²) in [7, 11) is 0. The van der Waals surface area contributed by atoms with E-state index in [1.54, 1.807) is 12.3 Å². The number of nitrogens with zero attached hydrogens (tertiary/aromatic N) is 6. The van der Waals surface area contributed by atoms with Gasteiger partial charge in [-0.05, 0) is 87.4 Å². The molecule has 1 aromatic heterocycles. The zero-order chi connectivity index (χ0) is 45.5. The molecule has 3 aromatic rings. The van der Waals surface area contributed by atoms with Gasteiger partial charge in [0.05, 0.1) is 24.2 Å². The maximum Gasteiger partial charge on any atom is 0.255 e. The summed E-state index contributed by atoms with van der Waals surface area (Å²) in [6, 6.07) is 12.5. The maximum atomic E-state index is 13.3. The fraction of sp³-hybridized carbons (Fsp3) is 0.542. The molecule has 4 fully saturated rings. The first-order valence-corrected chi connectivity index (χ1v) is 24.2. The lowest BCUT2D eigenvalue weighted by Crippen LogP contribution is -2.52. The largest absolute Gasteiger partial charge is 0.355 e. The molecule has 5 N–H and O–H groups in total. The number of unbranched alkanes of at least 4 members (excludes halogenated alkanes) is 5. The quantitative estimate of drug-likeness (QED) is 0.103. The molecule has 2 aromatic carbocycles. The highest BCUT2D eigenvalue weighted by molar-refractivity contribution is 7.99. The van der Waals surface area contributed by atoms with Crippen molar-refractivity contribution in [3.8, 4) is 0 Å². The Balaban J connectivity index is 0.649. The first-order valence-electron chi connectivity index (χ1n) is 23.4. The number of nitrogens with one attached hydrogen (secondary N) is 3.